The summed E-state index contributed by atoms with van der Waals surface area (Å²) in [5.74, 6) is 0. The van der Waals surface area contributed by atoms with Gasteiger partial charge in [0.05, 0.1) is 12.2 Å². The Bertz CT molecular complexity index is 691. The average Bonchev–Trinajstić information content (AvgIpc) is 3.04. The topological polar surface area (TPSA) is 57.3 Å². The lowest BCUT2D eigenvalue weighted by Crippen LogP contribution is -2.27. The second-order valence-corrected chi connectivity index (χ2v) is 6.77. The van der Waals surface area contributed by atoms with Gasteiger partial charge in [0.15, 0.2) is 0 Å². The number of carbonyl (C=O) groups excluding carboxylic acids is 1. The van der Waals surface area contributed by atoms with Gasteiger partial charge in [-0.1, -0.05) is 0 Å². The molecule has 116 valence electrons. The molecule has 22 heavy (non-hydrogen) atoms. The summed E-state index contributed by atoms with van der Waals surface area (Å²) in [5, 5.41) is 7.34. The molecule has 0 aliphatic carbocycles. The van der Waals surface area contributed by atoms with Gasteiger partial charge >= 0.3 is 6.03 Å². The molecule has 5 nitrogen and oxygen atoms in total. The molecule has 2 aromatic rings. The third-order valence-electron chi connectivity index (χ3n) is 3.88. The van der Waals surface area contributed by atoms with E-state index in [1.54, 1.807) is 16.2 Å². The van der Waals surface area contributed by atoms with E-state index in [1.807, 2.05) is 25.1 Å². The summed E-state index contributed by atoms with van der Waals surface area (Å²) >= 11 is 1.73. The number of hydrogen-bond acceptors (Lipinski definition) is 4. The first-order valence-corrected chi connectivity index (χ1v) is 8.19. The van der Waals surface area contributed by atoms with Crippen LogP contribution in [-0.2, 0) is 6.54 Å². The van der Waals surface area contributed by atoms with Gasteiger partial charge in [0.25, 0.3) is 0 Å². The smallest absolute Gasteiger partial charge is 0.321 e. The first-order valence-electron chi connectivity index (χ1n) is 7.37. The summed E-state index contributed by atoms with van der Waals surface area (Å²) in [6.07, 6.45) is 0. The van der Waals surface area contributed by atoms with Gasteiger partial charge < -0.3 is 10.6 Å². The molecule has 6 heteroatoms. The molecule has 2 amide bonds. The van der Waals surface area contributed by atoms with E-state index in [0.29, 0.717) is 6.54 Å². The summed E-state index contributed by atoms with van der Waals surface area (Å²) in [5.41, 5.74) is 4.25. The zero-order chi connectivity index (χ0) is 15.7. The number of anilines is 2. The minimum atomic E-state index is -0.0196. The van der Waals surface area contributed by atoms with Crippen molar-refractivity contribution in [2.45, 2.75) is 27.3 Å². The molecule has 2 N–H and O–H groups in total. The zero-order valence-electron chi connectivity index (χ0n) is 13.1. The van der Waals surface area contributed by atoms with Gasteiger partial charge in [0, 0.05) is 29.3 Å². The standard InChI is InChI=1S/C16H20N4OS/c1-10-8-13(20-7-6-17-16(20)21)4-5-14(10)18-9-15-19-11(2)12(3)22-15/h4-5,8,18H,6-7,9H2,1-3H3,(H,17,21). The predicted molar refractivity (Wildman–Crippen MR) is 90.8 cm³/mol. The quantitative estimate of drug-likeness (QED) is 0.910. The number of thiazole rings is 1. The van der Waals surface area contributed by atoms with Gasteiger partial charge in [-0.15, -0.1) is 11.3 Å². The minimum Gasteiger partial charge on any atom is -0.378 e. The first kappa shape index (κ1) is 14.8. The maximum Gasteiger partial charge on any atom is 0.321 e. The Morgan fingerprint density at radius 1 is 1.36 bits per heavy atom. The van der Waals surface area contributed by atoms with Crippen molar-refractivity contribution < 1.29 is 4.79 Å². The molecule has 1 aliphatic rings. The van der Waals surface area contributed by atoms with Crippen molar-refractivity contribution in [2.24, 2.45) is 0 Å². The molecule has 0 spiro atoms. The summed E-state index contributed by atoms with van der Waals surface area (Å²) in [6.45, 7) is 8.35. The number of benzene rings is 1. The number of nitrogens with one attached hydrogen (secondary N) is 2. The van der Waals surface area contributed by atoms with E-state index in [9.17, 15) is 4.79 Å². The summed E-state index contributed by atoms with van der Waals surface area (Å²) in [7, 11) is 0. The number of nitrogens with zero attached hydrogens (tertiary/aromatic N) is 2. The number of urea groups is 1. The Morgan fingerprint density at radius 2 is 2.18 bits per heavy atom. The second kappa shape index (κ2) is 5.96. The van der Waals surface area contributed by atoms with Gasteiger partial charge in [0.2, 0.25) is 0 Å². The zero-order valence-corrected chi connectivity index (χ0v) is 13.9. The van der Waals surface area contributed by atoms with Gasteiger partial charge in [-0.25, -0.2) is 9.78 Å². The number of rotatable bonds is 4. The Balaban J connectivity index is 1.71. The molecule has 1 aromatic carbocycles. The highest BCUT2D eigenvalue weighted by Crippen LogP contribution is 2.25. The monoisotopic (exact) mass is 316 g/mol. The highest BCUT2D eigenvalue weighted by Gasteiger charge is 2.21. The van der Waals surface area contributed by atoms with Crippen molar-refractivity contribution in [2.75, 3.05) is 23.3 Å². The maximum absolute atomic E-state index is 11.7. The Labute approximate surface area is 134 Å². The lowest BCUT2D eigenvalue weighted by atomic mass is 10.1. The normalized spacial score (nSPS) is 14.3. The molecule has 0 bridgehead atoms. The van der Waals surface area contributed by atoms with E-state index >= 15 is 0 Å². The Morgan fingerprint density at radius 3 is 2.77 bits per heavy atom. The predicted octanol–water partition coefficient (Wildman–Crippen LogP) is 3.21. The van der Waals surface area contributed by atoms with Crippen molar-refractivity contribution in [1.82, 2.24) is 10.3 Å². The van der Waals surface area contributed by atoms with Crippen LogP contribution in [0.3, 0.4) is 0 Å². The van der Waals surface area contributed by atoms with Crippen molar-refractivity contribution in [3.8, 4) is 0 Å². The molecule has 1 aromatic heterocycles. The van der Waals surface area contributed by atoms with E-state index in [2.05, 4.69) is 29.5 Å². The highest BCUT2D eigenvalue weighted by molar-refractivity contribution is 7.11. The van der Waals surface area contributed by atoms with Crippen LogP contribution in [0.1, 0.15) is 21.1 Å². The van der Waals surface area contributed by atoms with Crippen molar-refractivity contribution in [3.63, 3.8) is 0 Å². The molecule has 1 aliphatic heterocycles. The van der Waals surface area contributed by atoms with Crippen molar-refractivity contribution in [1.29, 1.82) is 0 Å². The second-order valence-electron chi connectivity index (χ2n) is 5.49. The average molecular weight is 316 g/mol. The van der Waals surface area contributed by atoms with Crippen LogP contribution in [0, 0.1) is 20.8 Å². The van der Waals surface area contributed by atoms with Gasteiger partial charge in [-0.2, -0.15) is 0 Å². The lowest BCUT2D eigenvalue weighted by molar-refractivity contribution is 0.252. The van der Waals surface area contributed by atoms with E-state index in [4.69, 9.17) is 0 Å². The number of carbonyl (C=O) groups is 1. The minimum absolute atomic E-state index is 0.0196. The van der Waals surface area contributed by atoms with Crippen LogP contribution in [-0.4, -0.2) is 24.1 Å². The summed E-state index contributed by atoms with van der Waals surface area (Å²) < 4.78 is 0. The molecule has 1 fully saturated rings. The highest BCUT2D eigenvalue weighted by atomic mass is 32.1. The molecule has 3 rings (SSSR count). The molecule has 0 radical (unpaired) electrons. The molecule has 1 saturated heterocycles. The maximum atomic E-state index is 11.7. The molecule has 0 saturated carbocycles. The van der Waals surface area contributed by atoms with Crippen LogP contribution < -0.4 is 15.5 Å². The van der Waals surface area contributed by atoms with E-state index < -0.39 is 0 Å². The van der Waals surface area contributed by atoms with Gasteiger partial charge in [0.1, 0.15) is 5.01 Å². The SMILES string of the molecule is Cc1cc(N2CCNC2=O)ccc1NCc1nc(C)c(C)s1. The lowest BCUT2D eigenvalue weighted by Gasteiger charge is -2.16. The van der Waals surface area contributed by atoms with Crippen LogP contribution in [0.2, 0.25) is 0 Å². The fourth-order valence-corrected chi connectivity index (χ4v) is 3.39. The molecule has 0 atom stereocenters. The van der Waals surface area contributed by atoms with Gasteiger partial charge in [-0.3, -0.25) is 4.90 Å². The van der Waals surface area contributed by atoms with Crippen LogP contribution >= 0.6 is 11.3 Å². The summed E-state index contributed by atoms with van der Waals surface area (Å²) in [4.78, 5) is 19.3. The van der Waals surface area contributed by atoms with E-state index in [0.717, 1.165) is 40.7 Å². The third kappa shape index (κ3) is 2.92. The number of aryl methyl sites for hydroxylation is 3. The van der Waals surface area contributed by atoms with Crippen LogP contribution in [0.15, 0.2) is 18.2 Å². The number of aromatic nitrogens is 1. The molecular formula is C16H20N4OS. The first-order chi connectivity index (χ1) is 10.5. The van der Waals surface area contributed by atoms with Gasteiger partial charge in [-0.05, 0) is 44.5 Å². The summed E-state index contributed by atoms with van der Waals surface area (Å²) in [6, 6.07) is 6.04. The Kier molecular flexibility index (Phi) is 4.02. The third-order valence-corrected chi connectivity index (χ3v) is 4.95. The van der Waals surface area contributed by atoms with E-state index in [-0.39, 0.29) is 6.03 Å². The van der Waals surface area contributed by atoms with Crippen molar-refractivity contribution in [3.05, 3.63) is 39.3 Å². The fourth-order valence-electron chi connectivity index (χ4n) is 2.52. The van der Waals surface area contributed by atoms with Crippen LogP contribution in [0.4, 0.5) is 16.2 Å². The largest absolute Gasteiger partial charge is 0.378 e. The fraction of sp³-hybridized carbons (Fsp3) is 0.375. The van der Waals surface area contributed by atoms with Crippen LogP contribution in [0.5, 0.6) is 0 Å². The molecule has 0 unspecified atom stereocenters. The van der Waals surface area contributed by atoms with E-state index in [1.165, 1.54) is 4.88 Å². The molecule has 2 heterocycles. The number of hydrogen-bond donors (Lipinski definition) is 2. The number of amides is 2. The van der Waals surface area contributed by atoms with Crippen molar-refractivity contribution >= 4 is 28.7 Å². The van der Waals surface area contributed by atoms with Crippen LogP contribution in [0.25, 0.3) is 0 Å². The molecular weight excluding hydrogens is 296 g/mol. The Hall–Kier alpha value is -2.08.